The quantitative estimate of drug-likeness (QED) is 0.349. The normalized spacial score (nSPS) is 33.3. The van der Waals surface area contributed by atoms with E-state index in [2.05, 4.69) is 45.1 Å². The number of carboxylic acids is 1. The van der Waals surface area contributed by atoms with Gasteiger partial charge in [-0.25, -0.2) is 4.79 Å². The van der Waals surface area contributed by atoms with Gasteiger partial charge in [-0.3, -0.25) is 0 Å². The lowest BCUT2D eigenvalue weighted by Gasteiger charge is -2.33. The first kappa shape index (κ1) is 17.5. The van der Waals surface area contributed by atoms with Crippen LogP contribution in [-0.4, -0.2) is 22.3 Å². The summed E-state index contributed by atoms with van der Waals surface area (Å²) >= 11 is 0. The van der Waals surface area contributed by atoms with Crippen LogP contribution in [0, 0.1) is 5.41 Å². The predicted octanol–water partition coefficient (Wildman–Crippen LogP) is 4.59. The van der Waals surface area contributed by atoms with Crippen LogP contribution in [-0.2, 0) is 9.53 Å². The fourth-order valence-electron chi connectivity index (χ4n) is 3.33. The summed E-state index contributed by atoms with van der Waals surface area (Å²) in [5.41, 5.74) is 1.46. The van der Waals surface area contributed by atoms with Crippen LogP contribution < -0.4 is 0 Å². The Labute approximate surface area is 138 Å². The average molecular weight is 314 g/mol. The number of epoxide rings is 1. The largest absolute Gasteiger partial charge is 0.478 e. The second-order valence-corrected chi connectivity index (χ2v) is 7.26. The highest BCUT2D eigenvalue weighted by atomic mass is 16.6. The van der Waals surface area contributed by atoms with Crippen LogP contribution >= 0.6 is 0 Å². The highest BCUT2D eigenvalue weighted by Gasteiger charge is 2.71. The van der Waals surface area contributed by atoms with Gasteiger partial charge in [0.1, 0.15) is 11.2 Å². The first-order chi connectivity index (χ1) is 10.6. The van der Waals surface area contributed by atoms with Crippen molar-refractivity contribution in [2.24, 2.45) is 5.41 Å². The topological polar surface area (TPSA) is 49.8 Å². The lowest BCUT2D eigenvalue weighted by molar-refractivity contribution is -0.131. The number of aliphatic carboxylic acids is 1. The van der Waals surface area contributed by atoms with E-state index in [1.807, 2.05) is 19.1 Å². The van der Waals surface area contributed by atoms with Gasteiger partial charge in [0.05, 0.1) is 0 Å². The van der Waals surface area contributed by atoms with E-state index in [1.165, 1.54) is 6.08 Å². The van der Waals surface area contributed by atoms with Crippen LogP contribution in [0.25, 0.3) is 0 Å². The molecule has 0 radical (unpaired) electrons. The third kappa shape index (κ3) is 3.40. The standard InChI is InChI=1S/C20H26O3/c1-15(8-6-9-16(2)14-17(21)22)10-13-20-18(3,4)11-7-12-19(20,5)23-20/h6-10,12-14H,11H2,1-5H3,(H,21,22)/b9-6+,13-10+,15-8+,16-14+/t19-,20-/m0/s1. The number of hydrogen-bond donors (Lipinski definition) is 1. The number of carboxylic acid groups (broad SMARTS) is 1. The van der Waals surface area contributed by atoms with Crippen molar-refractivity contribution in [3.05, 3.63) is 59.8 Å². The molecule has 0 spiro atoms. The molecule has 1 fully saturated rings. The molecule has 2 rings (SSSR count). The second-order valence-electron chi connectivity index (χ2n) is 7.26. The lowest BCUT2D eigenvalue weighted by atomic mass is 9.67. The van der Waals surface area contributed by atoms with Crippen molar-refractivity contribution < 1.29 is 14.6 Å². The summed E-state index contributed by atoms with van der Waals surface area (Å²) in [5.74, 6) is -0.926. The molecule has 1 aliphatic carbocycles. The third-order valence-electron chi connectivity index (χ3n) is 4.79. The van der Waals surface area contributed by atoms with Crippen molar-refractivity contribution in [3.63, 3.8) is 0 Å². The highest BCUT2D eigenvalue weighted by molar-refractivity contribution is 5.81. The van der Waals surface area contributed by atoms with Gasteiger partial charge in [0.25, 0.3) is 0 Å². The first-order valence-corrected chi connectivity index (χ1v) is 7.95. The zero-order chi connectivity index (χ0) is 17.3. The molecule has 1 N–H and O–H groups in total. The van der Waals surface area contributed by atoms with Gasteiger partial charge in [0.2, 0.25) is 0 Å². The molecule has 3 nitrogen and oxygen atoms in total. The molecule has 0 unspecified atom stereocenters. The van der Waals surface area contributed by atoms with E-state index in [4.69, 9.17) is 9.84 Å². The van der Waals surface area contributed by atoms with Crippen LogP contribution in [0.15, 0.2) is 59.8 Å². The SMILES string of the molecule is CC(/C=C/[C@@]12O[C@@]1(C)C=CCC2(C)C)=C\C=C\C(C)=C\C(=O)O. The van der Waals surface area contributed by atoms with E-state index in [9.17, 15) is 4.79 Å². The van der Waals surface area contributed by atoms with Crippen LogP contribution in [0.4, 0.5) is 0 Å². The van der Waals surface area contributed by atoms with Crippen molar-refractivity contribution in [1.82, 2.24) is 0 Å². The zero-order valence-corrected chi connectivity index (χ0v) is 14.6. The maximum absolute atomic E-state index is 10.6. The molecule has 0 aromatic rings. The molecule has 1 saturated heterocycles. The van der Waals surface area contributed by atoms with Crippen LogP contribution in [0.1, 0.15) is 41.0 Å². The van der Waals surface area contributed by atoms with E-state index >= 15 is 0 Å². The molecule has 0 aromatic heterocycles. The molecular formula is C20H26O3. The van der Waals surface area contributed by atoms with Crippen molar-refractivity contribution in [3.8, 4) is 0 Å². The van der Waals surface area contributed by atoms with Crippen LogP contribution in [0.2, 0.25) is 0 Å². The Kier molecular flexibility index (Phi) is 4.54. The average Bonchev–Trinajstić information content (AvgIpc) is 3.03. The minimum Gasteiger partial charge on any atom is -0.478 e. The molecule has 1 aliphatic heterocycles. The Morgan fingerprint density at radius 2 is 1.87 bits per heavy atom. The predicted molar refractivity (Wildman–Crippen MR) is 93.2 cm³/mol. The van der Waals surface area contributed by atoms with Gasteiger partial charge in [-0.15, -0.1) is 0 Å². The maximum atomic E-state index is 10.6. The Balaban J connectivity index is 2.09. The molecule has 1 heterocycles. The molecule has 0 amide bonds. The molecule has 23 heavy (non-hydrogen) atoms. The molecule has 124 valence electrons. The number of allylic oxidation sites excluding steroid dienone is 7. The number of fused-ring (bicyclic) bond motifs is 1. The van der Waals surface area contributed by atoms with Crippen LogP contribution in [0.3, 0.4) is 0 Å². The molecular weight excluding hydrogens is 288 g/mol. The third-order valence-corrected chi connectivity index (χ3v) is 4.79. The van der Waals surface area contributed by atoms with Crippen molar-refractivity contribution in [2.75, 3.05) is 0 Å². The molecule has 2 atom stereocenters. The summed E-state index contributed by atoms with van der Waals surface area (Å²) in [4.78, 5) is 10.6. The van der Waals surface area contributed by atoms with Gasteiger partial charge in [-0.05, 0) is 38.8 Å². The summed E-state index contributed by atoms with van der Waals surface area (Å²) in [6, 6.07) is 0. The first-order valence-electron chi connectivity index (χ1n) is 7.95. The van der Waals surface area contributed by atoms with Crippen molar-refractivity contribution in [2.45, 2.75) is 52.2 Å². The second kappa shape index (κ2) is 5.97. The summed E-state index contributed by atoms with van der Waals surface area (Å²) in [5, 5.41) is 8.67. The Morgan fingerprint density at radius 3 is 2.48 bits per heavy atom. The maximum Gasteiger partial charge on any atom is 0.328 e. The Bertz CT molecular complexity index is 646. The lowest BCUT2D eigenvalue weighted by Crippen LogP contribution is -2.38. The van der Waals surface area contributed by atoms with Gasteiger partial charge < -0.3 is 9.84 Å². The van der Waals surface area contributed by atoms with E-state index in [0.29, 0.717) is 5.57 Å². The minimum atomic E-state index is -0.926. The smallest absolute Gasteiger partial charge is 0.328 e. The Morgan fingerprint density at radius 1 is 1.17 bits per heavy atom. The summed E-state index contributed by atoms with van der Waals surface area (Å²) in [7, 11) is 0. The molecule has 2 aliphatic rings. The van der Waals surface area contributed by atoms with Crippen molar-refractivity contribution >= 4 is 5.97 Å². The van der Waals surface area contributed by atoms with Crippen molar-refractivity contribution in [1.29, 1.82) is 0 Å². The zero-order valence-electron chi connectivity index (χ0n) is 14.6. The van der Waals surface area contributed by atoms with Gasteiger partial charge in [-0.2, -0.15) is 0 Å². The van der Waals surface area contributed by atoms with E-state index in [0.717, 1.165) is 12.0 Å². The molecule has 0 aromatic carbocycles. The summed E-state index contributed by atoms with van der Waals surface area (Å²) < 4.78 is 6.11. The fourth-order valence-corrected chi connectivity index (χ4v) is 3.33. The number of ether oxygens (including phenoxy) is 1. The number of hydrogen-bond acceptors (Lipinski definition) is 2. The van der Waals surface area contributed by atoms with E-state index < -0.39 is 5.97 Å². The van der Waals surface area contributed by atoms with Gasteiger partial charge >= 0.3 is 5.97 Å². The fraction of sp³-hybridized carbons (Fsp3) is 0.450. The number of carbonyl (C=O) groups is 1. The van der Waals surface area contributed by atoms with Gasteiger partial charge in [0.15, 0.2) is 0 Å². The highest BCUT2D eigenvalue weighted by Crippen LogP contribution is 2.63. The van der Waals surface area contributed by atoms with E-state index in [1.54, 1.807) is 13.0 Å². The van der Waals surface area contributed by atoms with Gasteiger partial charge in [-0.1, -0.05) is 55.9 Å². The minimum absolute atomic E-state index is 0.0733. The van der Waals surface area contributed by atoms with Crippen LogP contribution in [0.5, 0.6) is 0 Å². The summed E-state index contributed by atoms with van der Waals surface area (Å²) in [6.45, 7) is 10.4. The molecule has 0 bridgehead atoms. The monoisotopic (exact) mass is 314 g/mol. The number of rotatable bonds is 5. The van der Waals surface area contributed by atoms with Gasteiger partial charge in [0, 0.05) is 11.5 Å². The Hall–Kier alpha value is -1.87. The summed E-state index contributed by atoms with van der Waals surface area (Å²) in [6.07, 6.45) is 16.5. The molecule has 0 saturated carbocycles. The molecule has 3 heteroatoms. The van der Waals surface area contributed by atoms with E-state index in [-0.39, 0.29) is 16.6 Å².